The first-order valence-electron chi connectivity index (χ1n) is 5.52. The molecule has 0 spiro atoms. The molecule has 17 heavy (non-hydrogen) atoms. The number of non-ortho nitro benzene ring substituents is 1. The van der Waals surface area contributed by atoms with Gasteiger partial charge in [0, 0.05) is 18.8 Å². The molecule has 0 unspecified atom stereocenters. The normalized spacial score (nSPS) is 10.6. The van der Waals surface area contributed by atoms with E-state index in [9.17, 15) is 10.1 Å². The third-order valence-electron chi connectivity index (χ3n) is 2.88. The summed E-state index contributed by atoms with van der Waals surface area (Å²) in [5, 5.41) is 11.6. The molecule has 0 amide bonds. The van der Waals surface area contributed by atoms with Crippen LogP contribution in [0, 0.1) is 10.1 Å². The minimum absolute atomic E-state index is 0.156. The number of rotatable bonds is 4. The van der Waals surface area contributed by atoms with E-state index in [-0.39, 0.29) is 10.6 Å². The zero-order valence-corrected chi connectivity index (χ0v) is 9.72. The highest BCUT2D eigenvalue weighted by Gasteiger charge is 2.13. The molecule has 0 aliphatic carbocycles. The van der Waals surface area contributed by atoms with E-state index in [1.165, 1.54) is 6.07 Å². The van der Waals surface area contributed by atoms with Crippen LogP contribution < -0.4 is 0 Å². The van der Waals surface area contributed by atoms with Gasteiger partial charge in [0.1, 0.15) is 0 Å². The van der Waals surface area contributed by atoms with Crippen LogP contribution in [0.4, 0.5) is 5.69 Å². The van der Waals surface area contributed by atoms with Crippen LogP contribution in [0.2, 0.25) is 0 Å². The molecule has 0 atom stereocenters. The Morgan fingerprint density at radius 2 is 2.24 bits per heavy atom. The van der Waals surface area contributed by atoms with Crippen molar-refractivity contribution < 1.29 is 4.92 Å². The molecular weight excluding hydrogens is 216 g/mol. The molecule has 0 saturated heterocycles. The second-order valence-electron chi connectivity index (χ2n) is 4.01. The molecule has 0 N–H and O–H groups in total. The molecule has 4 heteroatoms. The predicted octanol–water partition coefficient (Wildman–Crippen LogP) is 3.52. The average Bonchev–Trinajstić information content (AvgIpc) is 2.72. The Bertz CT molecular complexity index is 584. The van der Waals surface area contributed by atoms with E-state index in [4.69, 9.17) is 0 Å². The van der Waals surface area contributed by atoms with Gasteiger partial charge in [-0.25, -0.2) is 0 Å². The van der Waals surface area contributed by atoms with Crippen molar-refractivity contribution in [1.82, 2.24) is 4.57 Å². The maximum atomic E-state index is 10.9. The van der Waals surface area contributed by atoms with Crippen LogP contribution in [-0.4, -0.2) is 9.49 Å². The smallest absolute Gasteiger partial charge is 0.278 e. The van der Waals surface area contributed by atoms with Crippen LogP contribution in [0.5, 0.6) is 0 Å². The minimum atomic E-state index is -0.346. The Hall–Kier alpha value is -2.10. The fraction of sp³-hybridized carbons (Fsp3) is 0.231. The van der Waals surface area contributed by atoms with E-state index in [1.54, 1.807) is 12.1 Å². The number of nitro groups is 1. The quantitative estimate of drug-likeness (QED) is 0.458. The van der Waals surface area contributed by atoms with Gasteiger partial charge < -0.3 is 4.57 Å². The molecular formula is C13H14N2O2. The van der Waals surface area contributed by atoms with Gasteiger partial charge in [-0.15, -0.1) is 0 Å². The number of nitro benzene ring substituents is 1. The van der Waals surface area contributed by atoms with Crippen molar-refractivity contribution in [3.05, 3.63) is 52.7 Å². The largest absolute Gasteiger partial charge is 0.343 e. The lowest BCUT2D eigenvalue weighted by atomic mass is 10.2. The fourth-order valence-corrected chi connectivity index (χ4v) is 1.86. The van der Waals surface area contributed by atoms with Gasteiger partial charge >= 0.3 is 0 Å². The van der Waals surface area contributed by atoms with Gasteiger partial charge in [-0.3, -0.25) is 10.1 Å². The second kappa shape index (κ2) is 4.41. The van der Waals surface area contributed by atoms with Crippen molar-refractivity contribution in [3.8, 4) is 0 Å². The highest BCUT2D eigenvalue weighted by molar-refractivity contribution is 5.89. The van der Waals surface area contributed by atoms with E-state index in [2.05, 4.69) is 13.5 Å². The summed E-state index contributed by atoms with van der Waals surface area (Å²) < 4.78 is 1.99. The Morgan fingerprint density at radius 3 is 2.88 bits per heavy atom. The van der Waals surface area contributed by atoms with Crippen LogP contribution in [0.3, 0.4) is 0 Å². The van der Waals surface area contributed by atoms with Gasteiger partial charge in [-0.2, -0.15) is 0 Å². The Labute approximate surface area is 99.3 Å². The monoisotopic (exact) mass is 230 g/mol. The molecule has 0 radical (unpaired) electrons. The van der Waals surface area contributed by atoms with Gasteiger partial charge in [0.25, 0.3) is 5.69 Å². The molecule has 4 nitrogen and oxygen atoms in total. The summed E-state index contributed by atoms with van der Waals surface area (Å²) in [5.74, 6) is 0. The average molecular weight is 230 g/mol. The molecule has 2 rings (SSSR count). The number of allylic oxidation sites excluding steroid dienone is 1. The molecule has 0 aliphatic rings. The lowest BCUT2D eigenvalue weighted by molar-refractivity contribution is -0.383. The van der Waals surface area contributed by atoms with Crippen LogP contribution in [0.15, 0.2) is 42.6 Å². The van der Waals surface area contributed by atoms with E-state index in [0.29, 0.717) is 11.9 Å². The fourth-order valence-electron chi connectivity index (χ4n) is 1.86. The van der Waals surface area contributed by atoms with Crippen molar-refractivity contribution in [3.63, 3.8) is 0 Å². The summed E-state index contributed by atoms with van der Waals surface area (Å²) in [6, 6.07) is 6.93. The van der Waals surface area contributed by atoms with Gasteiger partial charge in [-0.05, 0) is 18.6 Å². The summed E-state index contributed by atoms with van der Waals surface area (Å²) in [6.45, 7) is 6.72. The van der Waals surface area contributed by atoms with E-state index < -0.39 is 0 Å². The number of hydrogen-bond acceptors (Lipinski definition) is 2. The first kappa shape index (κ1) is 11.4. The van der Waals surface area contributed by atoms with Crippen molar-refractivity contribution >= 4 is 16.6 Å². The van der Waals surface area contributed by atoms with E-state index in [0.717, 1.165) is 17.5 Å². The van der Waals surface area contributed by atoms with Crippen molar-refractivity contribution in [1.29, 1.82) is 0 Å². The Balaban J connectivity index is 2.51. The molecule has 1 heterocycles. The van der Waals surface area contributed by atoms with E-state index in [1.807, 2.05) is 16.8 Å². The maximum Gasteiger partial charge on any atom is 0.278 e. The van der Waals surface area contributed by atoms with Crippen LogP contribution >= 0.6 is 0 Å². The SMILES string of the molecule is C=C(CC)Cn1ccc2c([N+](=O)[O-])cccc21. The molecule has 2 aromatic rings. The summed E-state index contributed by atoms with van der Waals surface area (Å²) in [4.78, 5) is 10.5. The minimum Gasteiger partial charge on any atom is -0.343 e. The number of nitrogens with zero attached hydrogens (tertiary/aromatic N) is 2. The standard InChI is InChI=1S/C13H14N2O2/c1-3-10(2)9-14-8-7-11-12(14)5-4-6-13(11)15(16)17/h4-8H,2-3,9H2,1H3. The molecule has 0 saturated carbocycles. The zero-order chi connectivity index (χ0) is 12.4. The van der Waals surface area contributed by atoms with Gasteiger partial charge in [0.2, 0.25) is 0 Å². The van der Waals surface area contributed by atoms with Crippen molar-refractivity contribution in [2.24, 2.45) is 0 Å². The first-order valence-corrected chi connectivity index (χ1v) is 5.52. The van der Waals surface area contributed by atoms with Crippen LogP contribution in [0.25, 0.3) is 10.9 Å². The summed E-state index contributed by atoms with van der Waals surface area (Å²) in [7, 11) is 0. The predicted molar refractivity (Wildman–Crippen MR) is 68.0 cm³/mol. The highest BCUT2D eigenvalue weighted by Crippen LogP contribution is 2.26. The molecule has 0 fully saturated rings. The molecule has 88 valence electrons. The number of hydrogen-bond donors (Lipinski definition) is 0. The van der Waals surface area contributed by atoms with Gasteiger partial charge in [0.05, 0.1) is 15.8 Å². The summed E-state index contributed by atoms with van der Waals surface area (Å²) in [6.07, 6.45) is 2.78. The van der Waals surface area contributed by atoms with Gasteiger partial charge in [-0.1, -0.05) is 25.1 Å². The van der Waals surface area contributed by atoms with Crippen LogP contribution in [-0.2, 0) is 6.54 Å². The topological polar surface area (TPSA) is 48.1 Å². The molecule has 1 aromatic carbocycles. The molecule has 0 aliphatic heterocycles. The first-order chi connectivity index (χ1) is 8.13. The number of fused-ring (bicyclic) bond motifs is 1. The van der Waals surface area contributed by atoms with Gasteiger partial charge in [0.15, 0.2) is 0 Å². The lowest BCUT2D eigenvalue weighted by Crippen LogP contribution is -1.98. The zero-order valence-electron chi connectivity index (χ0n) is 9.72. The van der Waals surface area contributed by atoms with Crippen molar-refractivity contribution in [2.75, 3.05) is 0 Å². The Morgan fingerprint density at radius 1 is 1.47 bits per heavy atom. The second-order valence-corrected chi connectivity index (χ2v) is 4.01. The highest BCUT2D eigenvalue weighted by atomic mass is 16.6. The number of aromatic nitrogens is 1. The molecule has 0 bridgehead atoms. The van der Waals surface area contributed by atoms with Crippen molar-refractivity contribution in [2.45, 2.75) is 19.9 Å². The molecule has 1 aromatic heterocycles. The third kappa shape index (κ3) is 2.06. The van der Waals surface area contributed by atoms with Crippen LogP contribution in [0.1, 0.15) is 13.3 Å². The summed E-state index contributed by atoms with van der Waals surface area (Å²) >= 11 is 0. The lowest BCUT2D eigenvalue weighted by Gasteiger charge is -2.06. The third-order valence-corrected chi connectivity index (χ3v) is 2.88. The maximum absolute atomic E-state index is 10.9. The number of benzene rings is 1. The summed E-state index contributed by atoms with van der Waals surface area (Å²) in [5.41, 5.74) is 2.14. The Kier molecular flexibility index (Phi) is 2.95. The van der Waals surface area contributed by atoms with E-state index >= 15 is 0 Å².